The summed E-state index contributed by atoms with van der Waals surface area (Å²) in [4.78, 5) is 13.4. The number of fused-ring (bicyclic) bond motifs is 1. The van der Waals surface area contributed by atoms with Crippen molar-refractivity contribution in [2.24, 2.45) is 0 Å². The minimum Gasteiger partial charge on any atom is -0.493 e. The maximum absolute atomic E-state index is 14.0. The van der Waals surface area contributed by atoms with Crippen LogP contribution < -0.4 is 24.3 Å². The van der Waals surface area contributed by atoms with E-state index in [1.807, 2.05) is 0 Å². The molecule has 0 unspecified atom stereocenters. The van der Waals surface area contributed by atoms with Crippen molar-refractivity contribution in [1.82, 2.24) is 14.6 Å². The standard InChI is InChI=1S/C20H16FN3O4S/c1-26-14-8-12(9-15(27-2)17(14)28-3)18-22-23-20-24(18)19(25)16(29-20)10-11-6-4-5-7-13(11)21/h4-10H,1-3H3. The van der Waals surface area contributed by atoms with Crippen LogP contribution in [0.1, 0.15) is 5.56 Å². The Morgan fingerprint density at radius 1 is 1.03 bits per heavy atom. The molecule has 0 N–H and O–H groups in total. The summed E-state index contributed by atoms with van der Waals surface area (Å²) in [5, 5.41) is 8.24. The second-order valence-corrected chi connectivity index (χ2v) is 7.00. The second-order valence-electron chi connectivity index (χ2n) is 5.99. The number of thiazole rings is 1. The van der Waals surface area contributed by atoms with Gasteiger partial charge in [0.2, 0.25) is 10.7 Å². The molecule has 0 atom stereocenters. The Bertz CT molecular complexity index is 1290. The summed E-state index contributed by atoms with van der Waals surface area (Å²) in [7, 11) is 4.52. The molecule has 0 aliphatic carbocycles. The highest BCUT2D eigenvalue weighted by molar-refractivity contribution is 7.15. The summed E-state index contributed by atoms with van der Waals surface area (Å²) in [6.45, 7) is 0. The molecule has 0 saturated heterocycles. The average molecular weight is 413 g/mol. The van der Waals surface area contributed by atoms with E-state index < -0.39 is 5.82 Å². The number of aromatic nitrogens is 3. The molecular formula is C20H16FN3O4S. The van der Waals surface area contributed by atoms with E-state index >= 15 is 0 Å². The van der Waals surface area contributed by atoms with E-state index in [1.54, 1.807) is 30.3 Å². The molecule has 0 radical (unpaired) electrons. The smallest absolute Gasteiger partial charge is 0.276 e. The number of ether oxygens (including phenoxy) is 3. The first-order chi connectivity index (χ1) is 14.1. The summed E-state index contributed by atoms with van der Waals surface area (Å²) >= 11 is 1.14. The second kappa shape index (κ2) is 7.51. The Labute approximate surface area is 168 Å². The first kappa shape index (κ1) is 18.9. The van der Waals surface area contributed by atoms with Crippen LogP contribution in [0, 0.1) is 5.82 Å². The van der Waals surface area contributed by atoms with E-state index in [0.29, 0.717) is 43.7 Å². The molecule has 29 heavy (non-hydrogen) atoms. The normalized spacial score (nSPS) is 11.8. The highest BCUT2D eigenvalue weighted by Gasteiger charge is 2.19. The first-order valence-corrected chi connectivity index (χ1v) is 9.33. The van der Waals surface area contributed by atoms with Crippen molar-refractivity contribution in [3.05, 3.63) is 62.7 Å². The molecule has 9 heteroatoms. The van der Waals surface area contributed by atoms with Crippen molar-refractivity contribution in [2.45, 2.75) is 0 Å². The number of rotatable bonds is 5. The van der Waals surface area contributed by atoms with Crippen LogP contribution >= 0.6 is 11.3 Å². The van der Waals surface area contributed by atoms with E-state index in [4.69, 9.17) is 14.2 Å². The Kier molecular flexibility index (Phi) is 4.89. The van der Waals surface area contributed by atoms with Crippen LogP contribution in [0.25, 0.3) is 22.4 Å². The van der Waals surface area contributed by atoms with Gasteiger partial charge in [0.05, 0.1) is 25.9 Å². The molecule has 0 aliphatic rings. The van der Waals surface area contributed by atoms with Gasteiger partial charge in [0.1, 0.15) is 5.82 Å². The van der Waals surface area contributed by atoms with E-state index in [9.17, 15) is 9.18 Å². The number of hydrogen-bond acceptors (Lipinski definition) is 7. The fraction of sp³-hybridized carbons (Fsp3) is 0.150. The summed E-state index contributed by atoms with van der Waals surface area (Å²) in [5.41, 5.74) is 0.567. The van der Waals surface area contributed by atoms with Gasteiger partial charge in [-0.1, -0.05) is 29.5 Å². The SMILES string of the molecule is COc1cc(-c2nnc3sc(=Cc4ccccc4F)c(=O)n23)cc(OC)c1OC. The van der Waals surface area contributed by atoms with Crippen molar-refractivity contribution in [3.63, 3.8) is 0 Å². The fourth-order valence-electron chi connectivity index (χ4n) is 2.99. The van der Waals surface area contributed by atoms with Crippen LogP contribution in [0.4, 0.5) is 4.39 Å². The van der Waals surface area contributed by atoms with Crippen LogP contribution in [-0.2, 0) is 0 Å². The van der Waals surface area contributed by atoms with Crippen LogP contribution in [-0.4, -0.2) is 35.9 Å². The zero-order valence-electron chi connectivity index (χ0n) is 15.8. The van der Waals surface area contributed by atoms with Crippen LogP contribution in [0.5, 0.6) is 17.2 Å². The van der Waals surface area contributed by atoms with Crippen LogP contribution in [0.3, 0.4) is 0 Å². The molecule has 0 fully saturated rings. The molecule has 2 aromatic carbocycles. The van der Waals surface area contributed by atoms with Crippen molar-refractivity contribution in [2.75, 3.05) is 21.3 Å². The zero-order valence-corrected chi connectivity index (χ0v) is 16.6. The van der Waals surface area contributed by atoms with Gasteiger partial charge in [-0.2, -0.15) is 0 Å². The molecule has 0 spiro atoms. The minimum atomic E-state index is -0.402. The highest BCUT2D eigenvalue weighted by atomic mass is 32.1. The van der Waals surface area contributed by atoms with Gasteiger partial charge in [0.25, 0.3) is 5.56 Å². The summed E-state index contributed by atoms with van der Waals surface area (Å²) in [5.74, 6) is 1.22. The van der Waals surface area contributed by atoms with Gasteiger partial charge in [-0.15, -0.1) is 10.2 Å². The van der Waals surface area contributed by atoms with Crippen LogP contribution in [0.15, 0.2) is 41.2 Å². The third kappa shape index (κ3) is 3.19. The van der Waals surface area contributed by atoms with Gasteiger partial charge >= 0.3 is 0 Å². The van der Waals surface area contributed by atoms with Gasteiger partial charge < -0.3 is 14.2 Å². The Balaban J connectivity index is 1.93. The van der Waals surface area contributed by atoms with Crippen molar-refractivity contribution in [1.29, 1.82) is 0 Å². The molecule has 4 aromatic rings. The fourth-order valence-corrected chi connectivity index (χ4v) is 3.90. The molecule has 4 rings (SSSR count). The molecular weight excluding hydrogens is 397 g/mol. The lowest BCUT2D eigenvalue weighted by atomic mass is 10.1. The molecule has 0 aliphatic heterocycles. The third-order valence-corrected chi connectivity index (χ3v) is 5.32. The molecule has 0 bridgehead atoms. The van der Waals surface area contributed by atoms with Gasteiger partial charge in [-0.05, 0) is 24.3 Å². The van der Waals surface area contributed by atoms with Gasteiger partial charge in [-0.25, -0.2) is 8.79 Å². The number of benzene rings is 2. The summed E-state index contributed by atoms with van der Waals surface area (Å²) < 4.78 is 31.8. The quantitative estimate of drug-likeness (QED) is 0.501. The molecule has 2 heterocycles. The third-order valence-electron chi connectivity index (χ3n) is 4.36. The highest BCUT2D eigenvalue weighted by Crippen LogP contribution is 2.40. The number of methoxy groups -OCH3 is 3. The van der Waals surface area contributed by atoms with Crippen molar-refractivity contribution in [3.8, 4) is 28.6 Å². The largest absolute Gasteiger partial charge is 0.493 e. The van der Waals surface area contributed by atoms with Crippen molar-refractivity contribution < 1.29 is 18.6 Å². The molecule has 2 aromatic heterocycles. The van der Waals surface area contributed by atoms with Crippen molar-refractivity contribution >= 4 is 22.4 Å². The van der Waals surface area contributed by atoms with E-state index in [0.717, 1.165) is 11.3 Å². The molecule has 0 saturated carbocycles. The first-order valence-electron chi connectivity index (χ1n) is 8.52. The monoisotopic (exact) mass is 413 g/mol. The van der Waals surface area contributed by atoms with E-state index in [1.165, 1.54) is 37.9 Å². The molecule has 148 valence electrons. The Morgan fingerprint density at radius 2 is 1.72 bits per heavy atom. The predicted molar refractivity (Wildman–Crippen MR) is 107 cm³/mol. The predicted octanol–water partition coefficient (Wildman–Crippen LogP) is 2.53. The summed E-state index contributed by atoms with van der Waals surface area (Å²) in [6, 6.07) is 9.64. The Morgan fingerprint density at radius 3 is 2.34 bits per heavy atom. The number of hydrogen-bond donors (Lipinski definition) is 0. The maximum atomic E-state index is 14.0. The lowest BCUT2D eigenvalue weighted by Crippen LogP contribution is -2.23. The van der Waals surface area contributed by atoms with E-state index in [-0.39, 0.29) is 5.56 Å². The molecule has 7 nitrogen and oxygen atoms in total. The van der Waals surface area contributed by atoms with Crippen LogP contribution in [0.2, 0.25) is 0 Å². The average Bonchev–Trinajstić information content (AvgIpc) is 3.29. The van der Waals surface area contributed by atoms with Gasteiger partial charge in [-0.3, -0.25) is 4.79 Å². The van der Waals surface area contributed by atoms with Gasteiger partial charge in [0.15, 0.2) is 17.3 Å². The van der Waals surface area contributed by atoms with Gasteiger partial charge in [0, 0.05) is 11.1 Å². The zero-order chi connectivity index (χ0) is 20.5. The Hall–Kier alpha value is -3.46. The number of nitrogens with zero attached hydrogens (tertiary/aromatic N) is 3. The molecule has 0 amide bonds. The maximum Gasteiger partial charge on any atom is 0.276 e. The summed E-state index contributed by atoms with van der Waals surface area (Å²) in [6.07, 6.45) is 1.51. The topological polar surface area (TPSA) is 75.0 Å². The lowest BCUT2D eigenvalue weighted by Gasteiger charge is -2.13. The van der Waals surface area contributed by atoms with E-state index in [2.05, 4.69) is 10.2 Å². The minimum absolute atomic E-state index is 0.327. The number of halogens is 1. The lowest BCUT2D eigenvalue weighted by molar-refractivity contribution is 0.324.